The van der Waals surface area contributed by atoms with Crippen LogP contribution in [-0.2, 0) is 24.7 Å². The Morgan fingerprint density at radius 2 is 2.41 bits per heavy atom. The standard InChI is InChI=1S/C13H21N3O/c1-3-10-8-11(16(2)15-10)9-13(17)12-6-4-5-7-14-12/h8,12,14H,3-7,9H2,1-2H3. The SMILES string of the molecule is CCc1cc(CC(=O)C2CCCCN2)n(C)n1. The van der Waals surface area contributed by atoms with E-state index >= 15 is 0 Å². The van der Waals surface area contributed by atoms with Gasteiger partial charge in [0.05, 0.1) is 11.7 Å². The van der Waals surface area contributed by atoms with E-state index in [1.807, 2.05) is 17.8 Å². The minimum atomic E-state index is 0.0590. The summed E-state index contributed by atoms with van der Waals surface area (Å²) in [6.45, 7) is 3.05. The van der Waals surface area contributed by atoms with Gasteiger partial charge in [0.2, 0.25) is 0 Å². The summed E-state index contributed by atoms with van der Waals surface area (Å²) in [5.74, 6) is 0.301. The van der Waals surface area contributed by atoms with Crippen molar-refractivity contribution >= 4 is 5.78 Å². The van der Waals surface area contributed by atoms with Crippen LogP contribution in [0.4, 0.5) is 0 Å². The number of nitrogens with one attached hydrogen (secondary N) is 1. The number of ketones is 1. The molecule has 0 saturated carbocycles. The van der Waals surface area contributed by atoms with Gasteiger partial charge >= 0.3 is 0 Å². The highest BCUT2D eigenvalue weighted by Crippen LogP contribution is 2.11. The van der Waals surface area contributed by atoms with E-state index in [4.69, 9.17) is 0 Å². The first-order chi connectivity index (χ1) is 8.20. The van der Waals surface area contributed by atoms with Crippen LogP contribution in [0.5, 0.6) is 0 Å². The molecule has 1 saturated heterocycles. The fraction of sp³-hybridized carbons (Fsp3) is 0.692. The molecule has 1 aromatic heterocycles. The number of Topliss-reactive ketones (excluding diaryl/α,β-unsaturated/α-hetero) is 1. The summed E-state index contributed by atoms with van der Waals surface area (Å²) in [7, 11) is 1.91. The minimum Gasteiger partial charge on any atom is -0.307 e. The van der Waals surface area contributed by atoms with Gasteiger partial charge < -0.3 is 5.32 Å². The van der Waals surface area contributed by atoms with E-state index in [9.17, 15) is 4.79 Å². The molecule has 17 heavy (non-hydrogen) atoms. The lowest BCUT2D eigenvalue weighted by atomic mass is 9.98. The van der Waals surface area contributed by atoms with Crippen molar-refractivity contribution in [2.24, 2.45) is 7.05 Å². The second-order valence-corrected chi connectivity index (χ2v) is 4.75. The zero-order chi connectivity index (χ0) is 12.3. The monoisotopic (exact) mass is 235 g/mol. The first-order valence-corrected chi connectivity index (χ1v) is 6.48. The molecule has 1 atom stereocenters. The van der Waals surface area contributed by atoms with Gasteiger partial charge in [0.15, 0.2) is 5.78 Å². The average molecular weight is 235 g/mol. The van der Waals surface area contributed by atoms with Gasteiger partial charge in [0, 0.05) is 19.2 Å². The lowest BCUT2D eigenvalue weighted by Gasteiger charge is -2.22. The molecular weight excluding hydrogens is 214 g/mol. The largest absolute Gasteiger partial charge is 0.307 e. The Hall–Kier alpha value is -1.16. The van der Waals surface area contributed by atoms with Crippen LogP contribution >= 0.6 is 0 Å². The first kappa shape index (κ1) is 12.3. The van der Waals surface area contributed by atoms with Crippen molar-refractivity contribution in [2.75, 3.05) is 6.54 Å². The van der Waals surface area contributed by atoms with E-state index in [1.54, 1.807) is 0 Å². The van der Waals surface area contributed by atoms with Crippen LogP contribution in [0.15, 0.2) is 6.07 Å². The molecule has 2 heterocycles. The highest BCUT2D eigenvalue weighted by atomic mass is 16.1. The highest BCUT2D eigenvalue weighted by molar-refractivity contribution is 5.85. The molecular formula is C13H21N3O. The first-order valence-electron chi connectivity index (χ1n) is 6.48. The van der Waals surface area contributed by atoms with Crippen LogP contribution in [0, 0.1) is 0 Å². The smallest absolute Gasteiger partial charge is 0.155 e. The molecule has 94 valence electrons. The van der Waals surface area contributed by atoms with Gasteiger partial charge in [0.25, 0.3) is 0 Å². The number of carbonyl (C=O) groups excluding carboxylic acids is 1. The quantitative estimate of drug-likeness (QED) is 0.854. The Balaban J connectivity index is 1.99. The van der Waals surface area contributed by atoms with Crippen molar-refractivity contribution in [2.45, 2.75) is 45.1 Å². The Kier molecular flexibility index (Phi) is 3.94. The topological polar surface area (TPSA) is 46.9 Å². The third kappa shape index (κ3) is 2.94. The fourth-order valence-corrected chi connectivity index (χ4v) is 2.34. The Bertz CT molecular complexity index is 391. The molecule has 1 aliphatic rings. The van der Waals surface area contributed by atoms with Gasteiger partial charge in [-0.25, -0.2) is 0 Å². The van der Waals surface area contributed by atoms with Crippen molar-refractivity contribution in [3.05, 3.63) is 17.5 Å². The van der Waals surface area contributed by atoms with Gasteiger partial charge in [-0.3, -0.25) is 9.48 Å². The van der Waals surface area contributed by atoms with E-state index in [0.29, 0.717) is 12.2 Å². The number of carbonyl (C=O) groups is 1. The van der Waals surface area contributed by atoms with Crippen LogP contribution in [0.1, 0.15) is 37.6 Å². The van der Waals surface area contributed by atoms with Crippen LogP contribution in [0.3, 0.4) is 0 Å². The van der Waals surface area contributed by atoms with Gasteiger partial charge in [-0.2, -0.15) is 5.10 Å². The third-order valence-corrected chi connectivity index (χ3v) is 3.44. The van der Waals surface area contributed by atoms with Crippen molar-refractivity contribution in [3.63, 3.8) is 0 Å². The van der Waals surface area contributed by atoms with Crippen LogP contribution in [0.2, 0.25) is 0 Å². The number of hydrogen-bond donors (Lipinski definition) is 1. The van der Waals surface area contributed by atoms with Gasteiger partial charge in [0.1, 0.15) is 0 Å². The molecule has 4 heteroatoms. The molecule has 1 aromatic rings. The van der Waals surface area contributed by atoms with Gasteiger partial charge in [-0.1, -0.05) is 13.3 Å². The maximum atomic E-state index is 12.1. The summed E-state index contributed by atoms with van der Waals surface area (Å²) in [5.41, 5.74) is 2.09. The third-order valence-electron chi connectivity index (χ3n) is 3.44. The maximum absolute atomic E-state index is 12.1. The van der Waals surface area contributed by atoms with Crippen LogP contribution < -0.4 is 5.32 Å². The second kappa shape index (κ2) is 5.45. The van der Waals surface area contributed by atoms with Crippen LogP contribution in [0.25, 0.3) is 0 Å². The number of nitrogens with zero attached hydrogens (tertiary/aromatic N) is 2. The fourth-order valence-electron chi connectivity index (χ4n) is 2.34. The summed E-state index contributed by atoms with van der Waals surface area (Å²) in [4.78, 5) is 12.1. The molecule has 1 fully saturated rings. The van der Waals surface area contributed by atoms with Crippen molar-refractivity contribution in [1.29, 1.82) is 0 Å². The van der Waals surface area contributed by atoms with E-state index < -0.39 is 0 Å². The number of aryl methyl sites for hydroxylation is 2. The average Bonchev–Trinajstić information content (AvgIpc) is 2.71. The molecule has 1 aliphatic heterocycles. The summed E-state index contributed by atoms with van der Waals surface area (Å²) in [6.07, 6.45) is 4.76. The zero-order valence-electron chi connectivity index (χ0n) is 10.7. The molecule has 0 bridgehead atoms. The van der Waals surface area contributed by atoms with E-state index in [2.05, 4.69) is 17.3 Å². The lowest BCUT2D eigenvalue weighted by Crippen LogP contribution is -2.41. The second-order valence-electron chi connectivity index (χ2n) is 4.75. The Labute approximate surface area is 102 Å². The lowest BCUT2D eigenvalue weighted by molar-refractivity contribution is -0.121. The normalized spacial score (nSPS) is 20.5. The number of hydrogen-bond acceptors (Lipinski definition) is 3. The summed E-state index contributed by atoms with van der Waals surface area (Å²) in [6, 6.07) is 2.10. The summed E-state index contributed by atoms with van der Waals surface area (Å²) >= 11 is 0. The van der Waals surface area contributed by atoms with Crippen molar-refractivity contribution in [3.8, 4) is 0 Å². The molecule has 0 aliphatic carbocycles. The molecule has 0 spiro atoms. The molecule has 1 N–H and O–H groups in total. The molecule has 4 nitrogen and oxygen atoms in total. The van der Waals surface area contributed by atoms with Gasteiger partial charge in [-0.05, 0) is 31.9 Å². The highest BCUT2D eigenvalue weighted by Gasteiger charge is 2.21. The van der Waals surface area contributed by atoms with E-state index in [0.717, 1.165) is 37.2 Å². The zero-order valence-corrected chi connectivity index (χ0v) is 10.7. The molecule has 0 aromatic carbocycles. The molecule has 0 radical (unpaired) electrons. The van der Waals surface area contributed by atoms with Crippen molar-refractivity contribution < 1.29 is 4.79 Å². The number of rotatable bonds is 4. The molecule has 2 rings (SSSR count). The van der Waals surface area contributed by atoms with E-state index in [-0.39, 0.29) is 6.04 Å². The predicted octanol–water partition coefficient (Wildman–Crippen LogP) is 1.24. The predicted molar refractivity (Wildman–Crippen MR) is 66.9 cm³/mol. The number of aromatic nitrogens is 2. The van der Waals surface area contributed by atoms with Gasteiger partial charge in [-0.15, -0.1) is 0 Å². The van der Waals surface area contributed by atoms with Crippen LogP contribution in [-0.4, -0.2) is 28.2 Å². The summed E-state index contributed by atoms with van der Waals surface area (Å²) in [5, 5.41) is 7.67. The van der Waals surface area contributed by atoms with Crippen molar-refractivity contribution in [1.82, 2.24) is 15.1 Å². The molecule has 0 amide bonds. The minimum absolute atomic E-state index is 0.0590. The van der Waals surface area contributed by atoms with E-state index in [1.165, 1.54) is 6.42 Å². The summed E-state index contributed by atoms with van der Waals surface area (Å²) < 4.78 is 1.83. The Morgan fingerprint density at radius 3 is 3.00 bits per heavy atom. The number of piperidine rings is 1. The maximum Gasteiger partial charge on any atom is 0.155 e. The Morgan fingerprint density at radius 1 is 1.59 bits per heavy atom. The molecule has 1 unspecified atom stereocenters.